The van der Waals surface area contributed by atoms with Gasteiger partial charge in [0.2, 0.25) is 0 Å². The van der Waals surface area contributed by atoms with E-state index in [0.29, 0.717) is 12.1 Å². The van der Waals surface area contributed by atoms with Gasteiger partial charge in [-0.15, -0.1) is 0 Å². The monoisotopic (exact) mass is 309 g/mol. The first kappa shape index (κ1) is 14.1. The molecule has 0 aliphatic heterocycles. The van der Waals surface area contributed by atoms with Crippen molar-refractivity contribution in [1.82, 2.24) is 5.32 Å². The van der Waals surface area contributed by atoms with Crippen molar-refractivity contribution in [2.24, 2.45) is 5.92 Å². The normalized spacial score (nSPS) is 25.9. The van der Waals surface area contributed by atoms with Gasteiger partial charge in [-0.25, -0.2) is 0 Å². The van der Waals surface area contributed by atoms with Crippen molar-refractivity contribution < 1.29 is 0 Å². The molecule has 0 heterocycles. The number of rotatable bonds is 4. The Morgan fingerprint density at radius 1 is 1.33 bits per heavy atom. The predicted molar refractivity (Wildman–Crippen MR) is 81.7 cm³/mol. The van der Waals surface area contributed by atoms with Gasteiger partial charge in [-0.05, 0) is 37.3 Å². The SMILES string of the molecule is CCC1CCCC(NC(C)c2ccccc2Br)C1. The molecule has 100 valence electrons. The summed E-state index contributed by atoms with van der Waals surface area (Å²) >= 11 is 3.65. The Morgan fingerprint density at radius 3 is 2.83 bits per heavy atom. The van der Waals surface area contributed by atoms with E-state index in [1.165, 1.54) is 42.1 Å². The molecule has 0 saturated heterocycles. The van der Waals surface area contributed by atoms with Gasteiger partial charge in [-0.2, -0.15) is 0 Å². The van der Waals surface area contributed by atoms with E-state index in [-0.39, 0.29) is 0 Å². The molecule has 0 spiro atoms. The molecule has 2 rings (SSSR count). The average molecular weight is 310 g/mol. The zero-order valence-corrected chi connectivity index (χ0v) is 13.0. The van der Waals surface area contributed by atoms with Gasteiger partial charge in [0.15, 0.2) is 0 Å². The topological polar surface area (TPSA) is 12.0 Å². The largest absolute Gasteiger partial charge is 0.307 e. The fourth-order valence-electron chi connectivity index (χ4n) is 3.08. The second-order valence-electron chi connectivity index (χ2n) is 5.55. The van der Waals surface area contributed by atoms with Crippen molar-refractivity contribution in [3.05, 3.63) is 34.3 Å². The van der Waals surface area contributed by atoms with Gasteiger partial charge in [0, 0.05) is 16.6 Å². The van der Waals surface area contributed by atoms with Crippen molar-refractivity contribution >= 4 is 15.9 Å². The van der Waals surface area contributed by atoms with Gasteiger partial charge >= 0.3 is 0 Å². The Kier molecular flexibility index (Phi) is 5.25. The summed E-state index contributed by atoms with van der Waals surface area (Å²) in [4.78, 5) is 0. The summed E-state index contributed by atoms with van der Waals surface area (Å²) in [7, 11) is 0. The summed E-state index contributed by atoms with van der Waals surface area (Å²) in [6, 6.07) is 9.67. The molecular formula is C16H24BrN. The van der Waals surface area contributed by atoms with Gasteiger partial charge in [-0.3, -0.25) is 0 Å². The highest BCUT2D eigenvalue weighted by Gasteiger charge is 2.22. The second kappa shape index (κ2) is 6.72. The molecule has 1 aliphatic carbocycles. The molecule has 2 heteroatoms. The second-order valence-corrected chi connectivity index (χ2v) is 6.40. The van der Waals surface area contributed by atoms with Crippen LogP contribution in [0.5, 0.6) is 0 Å². The lowest BCUT2D eigenvalue weighted by molar-refractivity contribution is 0.266. The predicted octanol–water partition coefficient (Wildman–Crippen LogP) is 5.07. The average Bonchev–Trinajstić information content (AvgIpc) is 2.39. The molecule has 3 atom stereocenters. The first-order valence-corrected chi connectivity index (χ1v) is 8.00. The van der Waals surface area contributed by atoms with E-state index in [1.54, 1.807) is 0 Å². The maximum Gasteiger partial charge on any atom is 0.0305 e. The summed E-state index contributed by atoms with van der Waals surface area (Å²) < 4.78 is 1.22. The first-order valence-electron chi connectivity index (χ1n) is 7.21. The van der Waals surface area contributed by atoms with Crippen LogP contribution in [-0.4, -0.2) is 6.04 Å². The quantitative estimate of drug-likeness (QED) is 0.819. The molecule has 1 aliphatic rings. The fourth-order valence-corrected chi connectivity index (χ4v) is 3.71. The molecule has 1 N–H and O–H groups in total. The molecule has 0 radical (unpaired) electrons. The molecule has 0 amide bonds. The molecule has 3 unspecified atom stereocenters. The zero-order chi connectivity index (χ0) is 13.0. The summed E-state index contributed by atoms with van der Waals surface area (Å²) in [6.45, 7) is 4.60. The van der Waals surface area contributed by atoms with E-state index in [1.807, 2.05) is 0 Å². The van der Waals surface area contributed by atoms with Gasteiger partial charge in [0.05, 0.1) is 0 Å². The minimum Gasteiger partial charge on any atom is -0.307 e. The van der Waals surface area contributed by atoms with E-state index in [0.717, 1.165) is 5.92 Å². The molecular weight excluding hydrogens is 286 g/mol. The fraction of sp³-hybridized carbons (Fsp3) is 0.625. The molecule has 1 saturated carbocycles. The standard InChI is InChI=1S/C16H24BrN/c1-3-13-7-6-8-14(11-13)18-12(2)15-9-4-5-10-16(15)17/h4-5,9-10,12-14,18H,3,6-8,11H2,1-2H3. The van der Waals surface area contributed by atoms with Crippen LogP contribution in [0.1, 0.15) is 57.6 Å². The van der Waals surface area contributed by atoms with Crippen molar-refractivity contribution in [1.29, 1.82) is 0 Å². The van der Waals surface area contributed by atoms with Crippen LogP contribution in [0, 0.1) is 5.92 Å². The maximum absolute atomic E-state index is 3.81. The molecule has 18 heavy (non-hydrogen) atoms. The van der Waals surface area contributed by atoms with Crippen molar-refractivity contribution in [3.8, 4) is 0 Å². The minimum atomic E-state index is 0.432. The smallest absolute Gasteiger partial charge is 0.0305 e. The Morgan fingerprint density at radius 2 is 2.11 bits per heavy atom. The molecule has 1 aromatic rings. The number of benzene rings is 1. The van der Waals surface area contributed by atoms with Crippen LogP contribution in [0.3, 0.4) is 0 Å². The lowest BCUT2D eigenvalue weighted by atomic mass is 9.84. The molecule has 0 aromatic heterocycles. The van der Waals surface area contributed by atoms with Crippen LogP contribution in [0.15, 0.2) is 28.7 Å². The number of hydrogen-bond donors (Lipinski definition) is 1. The maximum atomic E-state index is 3.81. The van der Waals surface area contributed by atoms with E-state index >= 15 is 0 Å². The van der Waals surface area contributed by atoms with Crippen LogP contribution in [-0.2, 0) is 0 Å². The Hall–Kier alpha value is -0.340. The summed E-state index contributed by atoms with van der Waals surface area (Å²) in [6.07, 6.45) is 6.84. The van der Waals surface area contributed by atoms with Crippen molar-refractivity contribution in [2.75, 3.05) is 0 Å². The summed E-state index contributed by atoms with van der Waals surface area (Å²) in [5.74, 6) is 0.933. The molecule has 0 bridgehead atoms. The van der Waals surface area contributed by atoms with Crippen molar-refractivity contribution in [3.63, 3.8) is 0 Å². The molecule has 1 nitrogen and oxygen atoms in total. The third-order valence-electron chi connectivity index (χ3n) is 4.22. The van der Waals surface area contributed by atoms with E-state index < -0.39 is 0 Å². The van der Waals surface area contributed by atoms with Crippen LogP contribution < -0.4 is 5.32 Å². The highest BCUT2D eigenvalue weighted by atomic mass is 79.9. The van der Waals surface area contributed by atoms with Crippen LogP contribution >= 0.6 is 15.9 Å². The summed E-state index contributed by atoms with van der Waals surface area (Å²) in [5.41, 5.74) is 1.37. The highest BCUT2D eigenvalue weighted by Crippen LogP contribution is 2.29. The lowest BCUT2D eigenvalue weighted by Gasteiger charge is -2.31. The Balaban J connectivity index is 1.95. The van der Waals surface area contributed by atoms with Gasteiger partial charge in [-0.1, -0.05) is 60.3 Å². The van der Waals surface area contributed by atoms with E-state index in [4.69, 9.17) is 0 Å². The summed E-state index contributed by atoms with van der Waals surface area (Å²) in [5, 5.41) is 3.81. The van der Waals surface area contributed by atoms with Crippen molar-refractivity contribution in [2.45, 2.75) is 58.0 Å². The lowest BCUT2D eigenvalue weighted by Crippen LogP contribution is -2.35. The highest BCUT2D eigenvalue weighted by molar-refractivity contribution is 9.10. The van der Waals surface area contributed by atoms with E-state index in [2.05, 4.69) is 59.4 Å². The number of hydrogen-bond acceptors (Lipinski definition) is 1. The van der Waals surface area contributed by atoms with Gasteiger partial charge in [0.25, 0.3) is 0 Å². The number of halogens is 1. The Labute approximate surface area is 119 Å². The van der Waals surface area contributed by atoms with E-state index in [9.17, 15) is 0 Å². The number of nitrogens with one attached hydrogen (secondary N) is 1. The Bertz CT molecular complexity index is 377. The van der Waals surface area contributed by atoms with Crippen LogP contribution in [0.4, 0.5) is 0 Å². The van der Waals surface area contributed by atoms with Gasteiger partial charge in [0.1, 0.15) is 0 Å². The van der Waals surface area contributed by atoms with Crippen LogP contribution in [0.2, 0.25) is 0 Å². The third-order valence-corrected chi connectivity index (χ3v) is 4.94. The van der Waals surface area contributed by atoms with Gasteiger partial charge < -0.3 is 5.32 Å². The molecule has 1 aromatic carbocycles. The van der Waals surface area contributed by atoms with Crippen LogP contribution in [0.25, 0.3) is 0 Å². The minimum absolute atomic E-state index is 0.432. The third kappa shape index (κ3) is 3.58. The first-order chi connectivity index (χ1) is 8.70. The zero-order valence-electron chi connectivity index (χ0n) is 11.5. The molecule has 1 fully saturated rings.